The normalized spacial score (nSPS) is 11.6. The van der Waals surface area contributed by atoms with Crippen LogP contribution >= 0.6 is 0 Å². The number of fused-ring (bicyclic) bond motifs is 4. The van der Waals surface area contributed by atoms with E-state index in [2.05, 4.69) is 113 Å². The molecule has 1 heterocycles. The smallest absolute Gasteiger partial charge is 0.0645 e. The van der Waals surface area contributed by atoms with E-state index in [9.17, 15) is 0 Å². The van der Waals surface area contributed by atoms with Crippen molar-refractivity contribution in [3.8, 4) is 22.3 Å². The molecule has 0 saturated heterocycles. The van der Waals surface area contributed by atoms with Gasteiger partial charge in [-0.2, -0.15) is 0 Å². The monoisotopic (exact) mass is 420 g/mol. The number of rotatable bonds is 3. The lowest BCUT2D eigenvalue weighted by molar-refractivity contribution is 1.24. The lowest BCUT2D eigenvalue weighted by Crippen LogP contribution is -2.10. The molecule has 33 heavy (non-hydrogen) atoms. The van der Waals surface area contributed by atoms with E-state index in [4.69, 9.17) is 0 Å². The first-order chi connectivity index (χ1) is 16.4. The third kappa shape index (κ3) is 2.71. The Balaban J connectivity index is 1.52. The number of hydrogen-bond donors (Lipinski definition) is 0. The molecule has 0 atom stereocenters. The summed E-state index contributed by atoms with van der Waals surface area (Å²) in [6.45, 7) is 0. The summed E-state index contributed by atoms with van der Waals surface area (Å²) in [4.78, 5) is 6.76. The molecule has 0 bridgehead atoms. The SMILES string of the molecule is c1cncc(N(c2ccc3ccccc3c2)c2ccc3c4c(cccc24)-c2ccccc2-3)c1. The van der Waals surface area contributed by atoms with E-state index in [1.54, 1.807) is 0 Å². The molecule has 154 valence electrons. The maximum atomic E-state index is 4.44. The van der Waals surface area contributed by atoms with Gasteiger partial charge in [0.05, 0.1) is 17.6 Å². The van der Waals surface area contributed by atoms with Gasteiger partial charge in [-0.05, 0) is 68.7 Å². The van der Waals surface area contributed by atoms with Crippen LogP contribution in [0.2, 0.25) is 0 Å². The Morgan fingerprint density at radius 3 is 2.09 bits per heavy atom. The van der Waals surface area contributed by atoms with Crippen LogP contribution in [-0.2, 0) is 0 Å². The lowest BCUT2D eigenvalue weighted by Gasteiger charge is -2.27. The average molecular weight is 421 g/mol. The van der Waals surface area contributed by atoms with E-state index >= 15 is 0 Å². The summed E-state index contributed by atoms with van der Waals surface area (Å²) < 4.78 is 0. The molecule has 0 aliphatic heterocycles. The summed E-state index contributed by atoms with van der Waals surface area (Å²) in [5.41, 5.74) is 8.57. The van der Waals surface area contributed by atoms with Crippen molar-refractivity contribution in [3.63, 3.8) is 0 Å². The van der Waals surface area contributed by atoms with E-state index in [0.29, 0.717) is 0 Å². The van der Waals surface area contributed by atoms with E-state index in [1.807, 2.05) is 18.5 Å². The minimum Gasteiger partial charge on any atom is -0.308 e. The first-order valence-corrected chi connectivity index (χ1v) is 11.2. The van der Waals surface area contributed by atoms with Crippen molar-refractivity contribution < 1.29 is 0 Å². The standard InChI is InChI=1S/C31H20N2/c1-2-8-22-19-23(15-14-21(22)7-1)33(24-9-6-18-32-20-24)30-17-16-28-26-11-4-3-10-25(26)27-12-5-13-29(30)31(27)28/h1-20H. The van der Waals surface area contributed by atoms with Gasteiger partial charge in [0.2, 0.25) is 0 Å². The molecule has 6 aromatic rings. The van der Waals surface area contributed by atoms with Gasteiger partial charge in [-0.3, -0.25) is 4.98 Å². The molecular weight excluding hydrogens is 400 g/mol. The fourth-order valence-electron chi connectivity index (χ4n) is 5.22. The summed E-state index contributed by atoms with van der Waals surface area (Å²) in [5, 5.41) is 5.04. The molecule has 0 N–H and O–H groups in total. The zero-order valence-electron chi connectivity index (χ0n) is 17.9. The highest BCUT2D eigenvalue weighted by Gasteiger charge is 2.24. The van der Waals surface area contributed by atoms with Crippen LogP contribution in [0.25, 0.3) is 43.8 Å². The van der Waals surface area contributed by atoms with Gasteiger partial charge >= 0.3 is 0 Å². The van der Waals surface area contributed by atoms with Crippen molar-refractivity contribution in [1.82, 2.24) is 4.98 Å². The first-order valence-electron chi connectivity index (χ1n) is 11.2. The molecule has 0 amide bonds. The van der Waals surface area contributed by atoms with Gasteiger partial charge in [-0.1, -0.05) is 78.9 Å². The van der Waals surface area contributed by atoms with Gasteiger partial charge in [0.15, 0.2) is 0 Å². The van der Waals surface area contributed by atoms with Crippen LogP contribution in [0.3, 0.4) is 0 Å². The Hall–Kier alpha value is -4.43. The molecule has 0 spiro atoms. The van der Waals surface area contributed by atoms with Crippen molar-refractivity contribution in [2.75, 3.05) is 4.90 Å². The molecule has 1 aromatic heterocycles. The summed E-state index contributed by atoms with van der Waals surface area (Å²) >= 11 is 0. The molecule has 0 radical (unpaired) electrons. The molecule has 2 heteroatoms. The topological polar surface area (TPSA) is 16.1 Å². The van der Waals surface area contributed by atoms with Gasteiger partial charge in [-0.15, -0.1) is 0 Å². The number of aromatic nitrogens is 1. The molecule has 5 aromatic carbocycles. The molecule has 2 nitrogen and oxygen atoms in total. The molecule has 7 rings (SSSR count). The van der Waals surface area contributed by atoms with Gasteiger partial charge in [0.1, 0.15) is 0 Å². The van der Waals surface area contributed by atoms with Gasteiger partial charge in [0, 0.05) is 17.3 Å². The Morgan fingerprint density at radius 2 is 1.27 bits per heavy atom. The van der Waals surface area contributed by atoms with Crippen molar-refractivity contribution in [2.45, 2.75) is 0 Å². The zero-order chi connectivity index (χ0) is 21.8. The van der Waals surface area contributed by atoms with Crippen LogP contribution in [0.1, 0.15) is 0 Å². The molecule has 0 fully saturated rings. The minimum atomic E-state index is 1.05. The van der Waals surface area contributed by atoms with Crippen LogP contribution in [0.5, 0.6) is 0 Å². The quantitative estimate of drug-likeness (QED) is 0.285. The van der Waals surface area contributed by atoms with Crippen LogP contribution in [0.4, 0.5) is 17.1 Å². The highest BCUT2D eigenvalue weighted by molar-refractivity contribution is 6.19. The number of anilines is 3. The predicted molar refractivity (Wildman–Crippen MR) is 138 cm³/mol. The minimum absolute atomic E-state index is 1.05. The second-order valence-corrected chi connectivity index (χ2v) is 8.48. The van der Waals surface area contributed by atoms with E-state index in [-0.39, 0.29) is 0 Å². The zero-order valence-corrected chi connectivity index (χ0v) is 17.9. The Morgan fingerprint density at radius 1 is 0.515 bits per heavy atom. The van der Waals surface area contributed by atoms with Crippen LogP contribution in [0.15, 0.2) is 122 Å². The number of nitrogens with zero attached hydrogens (tertiary/aromatic N) is 2. The maximum Gasteiger partial charge on any atom is 0.0645 e. The second-order valence-electron chi connectivity index (χ2n) is 8.48. The lowest BCUT2D eigenvalue weighted by atomic mass is 10.00. The Labute approximate surface area is 192 Å². The highest BCUT2D eigenvalue weighted by Crippen LogP contribution is 2.50. The number of pyridine rings is 1. The molecule has 1 aliphatic carbocycles. The maximum absolute atomic E-state index is 4.44. The van der Waals surface area contributed by atoms with Gasteiger partial charge < -0.3 is 4.90 Å². The van der Waals surface area contributed by atoms with Crippen LogP contribution in [0, 0.1) is 0 Å². The third-order valence-corrected chi connectivity index (χ3v) is 6.66. The largest absolute Gasteiger partial charge is 0.308 e. The Kier molecular flexibility index (Phi) is 3.88. The summed E-state index contributed by atoms with van der Waals surface area (Å²) in [6.07, 6.45) is 3.76. The molecule has 1 aliphatic rings. The molecular formula is C31H20N2. The fourth-order valence-corrected chi connectivity index (χ4v) is 5.22. The molecule has 0 saturated carbocycles. The summed E-state index contributed by atoms with van der Waals surface area (Å²) in [6, 6.07) is 39.2. The van der Waals surface area contributed by atoms with Crippen molar-refractivity contribution >= 4 is 38.6 Å². The van der Waals surface area contributed by atoms with E-state index in [1.165, 1.54) is 43.8 Å². The molecule has 0 unspecified atom stereocenters. The van der Waals surface area contributed by atoms with Crippen molar-refractivity contribution in [3.05, 3.63) is 122 Å². The van der Waals surface area contributed by atoms with Gasteiger partial charge in [-0.25, -0.2) is 0 Å². The predicted octanol–water partition coefficient (Wildman–Crippen LogP) is 8.51. The first kappa shape index (κ1) is 18.2. The van der Waals surface area contributed by atoms with Crippen molar-refractivity contribution in [1.29, 1.82) is 0 Å². The second kappa shape index (κ2) is 7.04. The summed E-state index contributed by atoms with van der Waals surface area (Å²) in [5.74, 6) is 0. The third-order valence-electron chi connectivity index (χ3n) is 6.66. The number of hydrogen-bond acceptors (Lipinski definition) is 2. The van der Waals surface area contributed by atoms with E-state index < -0.39 is 0 Å². The number of benzene rings is 5. The van der Waals surface area contributed by atoms with Crippen LogP contribution in [-0.4, -0.2) is 4.98 Å². The van der Waals surface area contributed by atoms with Crippen molar-refractivity contribution in [2.24, 2.45) is 0 Å². The highest BCUT2D eigenvalue weighted by atomic mass is 15.1. The fraction of sp³-hybridized carbons (Fsp3) is 0. The average Bonchev–Trinajstić information content (AvgIpc) is 3.21. The van der Waals surface area contributed by atoms with Gasteiger partial charge in [0.25, 0.3) is 0 Å². The Bertz CT molecular complexity index is 1640. The van der Waals surface area contributed by atoms with Crippen LogP contribution < -0.4 is 4.90 Å². The van der Waals surface area contributed by atoms with E-state index in [0.717, 1.165) is 17.1 Å². The summed E-state index contributed by atoms with van der Waals surface area (Å²) in [7, 11) is 0.